The van der Waals surface area contributed by atoms with E-state index in [0.717, 1.165) is 11.3 Å². The zero-order chi connectivity index (χ0) is 12.4. The molecule has 0 aliphatic rings. The largest absolute Gasteiger partial charge is 0.488 e. The molecular weight excluding hydrogens is 238 g/mol. The summed E-state index contributed by atoms with van der Waals surface area (Å²) >= 11 is 5.91. The van der Waals surface area contributed by atoms with Crippen LogP contribution in [0.4, 0.5) is 0 Å². The molecule has 0 spiro atoms. The first-order valence-electron chi connectivity index (χ1n) is 5.21. The molecule has 0 fully saturated rings. The predicted octanol–water partition coefficient (Wildman–Crippen LogP) is 0.573. The minimum absolute atomic E-state index is 0.470. The third kappa shape index (κ3) is 2.88. The van der Waals surface area contributed by atoms with Gasteiger partial charge in [0.1, 0.15) is 0 Å². The average Bonchev–Trinajstić information content (AvgIpc) is 2.58. The predicted molar refractivity (Wildman–Crippen MR) is 67.3 cm³/mol. The number of nitrogens with zero attached hydrogens (tertiary/aromatic N) is 2. The molecule has 0 aliphatic carbocycles. The first-order valence-corrected chi connectivity index (χ1v) is 5.58. The van der Waals surface area contributed by atoms with Crippen molar-refractivity contribution in [3.8, 4) is 0 Å². The van der Waals surface area contributed by atoms with Crippen molar-refractivity contribution in [2.24, 2.45) is 0 Å². The van der Waals surface area contributed by atoms with E-state index in [2.05, 4.69) is 5.10 Å². The Labute approximate surface area is 105 Å². The highest BCUT2D eigenvalue weighted by Crippen LogP contribution is 2.13. The zero-order valence-corrected chi connectivity index (χ0v) is 10.1. The fraction of sp³-hybridized carbons (Fsp3) is 0.182. The molecule has 6 heteroatoms. The van der Waals surface area contributed by atoms with Crippen LogP contribution in [0.1, 0.15) is 11.3 Å². The van der Waals surface area contributed by atoms with E-state index in [0.29, 0.717) is 17.0 Å². The van der Waals surface area contributed by atoms with E-state index in [4.69, 9.17) is 21.6 Å². The van der Waals surface area contributed by atoms with Crippen molar-refractivity contribution in [2.45, 2.75) is 13.5 Å². The van der Waals surface area contributed by atoms with Gasteiger partial charge in [-0.05, 0) is 17.9 Å². The first-order chi connectivity index (χ1) is 8.06. The molecule has 1 heterocycles. The molecule has 17 heavy (non-hydrogen) atoms. The molecule has 0 amide bonds. The van der Waals surface area contributed by atoms with E-state index in [1.54, 1.807) is 29.1 Å². The van der Waals surface area contributed by atoms with Crippen LogP contribution in [-0.2, 0) is 6.54 Å². The summed E-state index contributed by atoms with van der Waals surface area (Å²) in [6.45, 7) is 2.39. The minimum Gasteiger partial charge on any atom is -0.423 e. The molecule has 88 valence electrons. The SMILES string of the molecule is Cc1nn(Cc2cccc(B(O)O)c2)cc1Cl. The minimum atomic E-state index is -1.45. The summed E-state index contributed by atoms with van der Waals surface area (Å²) in [5.41, 5.74) is 2.19. The summed E-state index contributed by atoms with van der Waals surface area (Å²) in [6.07, 6.45) is 1.75. The summed E-state index contributed by atoms with van der Waals surface area (Å²) in [6, 6.07) is 7.07. The molecule has 2 rings (SSSR count). The van der Waals surface area contributed by atoms with Gasteiger partial charge in [-0.15, -0.1) is 0 Å². The van der Waals surface area contributed by atoms with E-state index in [1.807, 2.05) is 13.0 Å². The van der Waals surface area contributed by atoms with Crippen molar-refractivity contribution < 1.29 is 10.0 Å². The monoisotopic (exact) mass is 250 g/mol. The molecule has 0 unspecified atom stereocenters. The van der Waals surface area contributed by atoms with Crippen LogP contribution in [0.5, 0.6) is 0 Å². The summed E-state index contributed by atoms with van der Waals surface area (Å²) in [5, 5.41) is 23.0. The van der Waals surface area contributed by atoms with Crippen molar-refractivity contribution in [1.29, 1.82) is 0 Å². The van der Waals surface area contributed by atoms with E-state index >= 15 is 0 Å². The van der Waals surface area contributed by atoms with Crippen molar-refractivity contribution in [3.05, 3.63) is 46.7 Å². The van der Waals surface area contributed by atoms with Gasteiger partial charge in [-0.2, -0.15) is 5.10 Å². The van der Waals surface area contributed by atoms with Gasteiger partial charge in [0.05, 0.1) is 17.3 Å². The quantitative estimate of drug-likeness (QED) is 0.783. The molecular formula is C11H12BClN2O2. The number of halogens is 1. The van der Waals surface area contributed by atoms with Crippen LogP contribution in [0.3, 0.4) is 0 Å². The van der Waals surface area contributed by atoms with E-state index in [1.165, 1.54) is 0 Å². The Morgan fingerprint density at radius 2 is 2.18 bits per heavy atom. The lowest BCUT2D eigenvalue weighted by molar-refractivity contribution is 0.425. The maximum Gasteiger partial charge on any atom is 0.488 e. The molecule has 2 N–H and O–H groups in total. The lowest BCUT2D eigenvalue weighted by Crippen LogP contribution is -2.30. The smallest absolute Gasteiger partial charge is 0.423 e. The highest BCUT2D eigenvalue weighted by atomic mass is 35.5. The first kappa shape index (κ1) is 12.2. The van der Waals surface area contributed by atoms with Crippen LogP contribution in [0.25, 0.3) is 0 Å². The Hall–Kier alpha value is -1.30. The van der Waals surface area contributed by atoms with E-state index < -0.39 is 7.12 Å². The van der Waals surface area contributed by atoms with E-state index in [-0.39, 0.29) is 0 Å². The molecule has 0 bridgehead atoms. The molecule has 1 aromatic heterocycles. The highest BCUT2D eigenvalue weighted by Gasteiger charge is 2.11. The summed E-state index contributed by atoms with van der Waals surface area (Å²) < 4.78 is 1.72. The van der Waals surface area contributed by atoms with Crippen LogP contribution in [0.2, 0.25) is 5.02 Å². The molecule has 0 saturated carbocycles. The molecule has 2 aromatic rings. The number of hydrogen-bond donors (Lipinski definition) is 2. The number of hydrogen-bond acceptors (Lipinski definition) is 3. The molecule has 4 nitrogen and oxygen atoms in total. The lowest BCUT2D eigenvalue weighted by Gasteiger charge is -2.04. The standard InChI is InChI=1S/C11H12BClN2O2/c1-8-11(13)7-15(14-8)6-9-3-2-4-10(5-9)12(16)17/h2-5,7,16-17H,6H2,1H3. The molecule has 0 aliphatic heterocycles. The van der Waals surface area contributed by atoms with Gasteiger partial charge >= 0.3 is 7.12 Å². The van der Waals surface area contributed by atoms with Crippen LogP contribution in [-0.4, -0.2) is 26.9 Å². The van der Waals surface area contributed by atoms with Gasteiger partial charge in [0.15, 0.2) is 0 Å². The van der Waals surface area contributed by atoms with Crippen LogP contribution in [0, 0.1) is 6.92 Å². The number of aryl methyl sites for hydroxylation is 1. The Balaban J connectivity index is 2.21. The van der Waals surface area contributed by atoms with Gasteiger partial charge in [0.2, 0.25) is 0 Å². The summed E-state index contributed by atoms with van der Waals surface area (Å²) in [5.74, 6) is 0. The molecule has 0 radical (unpaired) electrons. The zero-order valence-electron chi connectivity index (χ0n) is 9.34. The van der Waals surface area contributed by atoms with Crippen molar-refractivity contribution in [2.75, 3.05) is 0 Å². The van der Waals surface area contributed by atoms with Crippen LogP contribution >= 0.6 is 11.6 Å². The van der Waals surface area contributed by atoms with Gasteiger partial charge in [-0.1, -0.05) is 35.9 Å². The molecule has 1 aromatic carbocycles. The highest BCUT2D eigenvalue weighted by molar-refractivity contribution is 6.58. The van der Waals surface area contributed by atoms with Crippen LogP contribution < -0.4 is 5.46 Å². The molecule has 0 atom stereocenters. The Kier molecular flexibility index (Phi) is 3.52. The fourth-order valence-electron chi connectivity index (χ4n) is 1.61. The van der Waals surface area contributed by atoms with Gasteiger partial charge in [0.25, 0.3) is 0 Å². The number of benzene rings is 1. The summed E-state index contributed by atoms with van der Waals surface area (Å²) in [7, 11) is -1.45. The maximum atomic E-state index is 9.07. The Bertz CT molecular complexity index is 508. The average molecular weight is 250 g/mol. The van der Waals surface area contributed by atoms with Crippen molar-refractivity contribution >= 4 is 24.2 Å². The van der Waals surface area contributed by atoms with Gasteiger partial charge in [0, 0.05) is 6.20 Å². The fourth-order valence-corrected chi connectivity index (χ4v) is 1.76. The second kappa shape index (κ2) is 4.92. The second-order valence-corrected chi connectivity index (χ2v) is 4.29. The Morgan fingerprint density at radius 1 is 1.41 bits per heavy atom. The lowest BCUT2D eigenvalue weighted by atomic mass is 9.80. The van der Waals surface area contributed by atoms with Gasteiger partial charge in [-0.25, -0.2) is 0 Å². The van der Waals surface area contributed by atoms with Crippen molar-refractivity contribution in [1.82, 2.24) is 9.78 Å². The third-order valence-electron chi connectivity index (χ3n) is 2.48. The molecule has 0 saturated heterocycles. The maximum absolute atomic E-state index is 9.07. The normalized spacial score (nSPS) is 10.6. The van der Waals surface area contributed by atoms with Crippen molar-refractivity contribution in [3.63, 3.8) is 0 Å². The number of aromatic nitrogens is 2. The number of rotatable bonds is 3. The van der Waals surface area contributed by atoms with Crippen LogP contribution in [0.15, 0.2) is 30.5 Å². The van der Waals surface area contributed by atoms with E-state index in [9.17, 15) is 0 Å². The Morgan fingerprint density at radius 3 is 2.76 bits per heavy atom. The topological polar surface area (TPSA) is 58.3 Å². The third-order valence-corrected chi connectivity index (χ3v) is 2.85. The second-order valence-electron chi connectivity index (χ2n) is 3.88. The van der Waals surface area contributed by atoms with Gasteiger partial charge < -0.3 is 10.0 Å². The summed E-state index contributed by atoms with van der Waals surface area (Å²) in [4.78, 5) is 0. The van der Waals surface area contributed by atoms with Gasteiger partial charge in [-0.3, -0.25) is 4.68 Å².